The summed E-state index contributed by atoms with van der Waals surface area (Å²) in [6.45, 7) is 5.20. The molecule has 8 nitrogen and oxygen atoms in total. The molecule has 1 aromatic heterocycles. The first-order valence-electron chi connectivity index (χ1n) is 10.5. The number of para-hydroxylation sites is 1. The Labute approximate surface area is 201 Å². The number of hydrogen-bond acceptors (Lipinski definition) is 6. The molecule has 0 aliphatic rings. The molecule has 0 atom stereocenters. The van der Waals surface area contributed by atoms with Gasteiger partial charge in [0, 0.05) is 18.0 Å². The van der Waals surface area contributed by atoms with Gasteiger partial charge in [0.05, 0.1) is 23.6 Å². The second kappa shape index (κ2) is 11.7. The van der Waals surface area contributed by atoms with Gasteiger partial charge in [-0.25, -0.2) is 0 Å². The van der Waals surface area contributed by atoms with Gasteiger partial charge in [-0.05, 0) is 56.2 Å². The van der Waals surface area contributed by atoms with E-state index < -0.39 is 5.91 Å². The zero-order valence-corrected chi connectivity index (χ0v) is 20.1. The van der Waals surface area contributed by atoms with Gasteiger partial charge >= 0.3 is 0 Å². The molecule has 0 saturated carbocycles. The topological polar surface area (TPSA) is 112 Å². The Kier molecular flexibility index (Phi) is 8.73. The molecule has 2 amide bonds. The number of carbonyl (C=O) groups is 2. The molecule has 0 bridgehead atoms. The van der Waals surface area contributed by atoms with E-state index in [1.807, 2.05) is 36.6 Å². The van der Waals surface area contributed by atoms with Crippen LogP contribution >= 0.6 is 23.4 Å². The smallest absolute Gasteiger partial charge is 0.250 e. The molecule has 0 aliphatic heterocycles. The lowest BCUT2D eigenvalue weighted by Crippen LogP contribution is -2.19. The fourth-order valence-electron chi connectivity index (χ4n) is 3.24. The first-order chi connectivity index (χ1) is 15.9. The number of aryl methyl sites for hydroxylation is 2. The summed E-state index contributed by atoms with van der Waals surface area (Å²) in [7, 11) is 0. The van der Waals surface area contributed by atoms with E-state index in [9.17, 15) is 9.59 Å². The van der Waals surface area contributed by atoms with Gasteiger partial charge in [-0.15, -0.1) is 10.2 Å². The third-order valence-electron chi connectivity index (χ3n) is 4.85. The maximum absolute atomic E-state index is 12.4. The van der Waals surface area contributed by atoms with E-state index in [-0.39, 0.29) is 17.2 Å². The van der Waals surface area contributed by atoms with Crippen LogP contribution in [0.3, 0.4) is 0 Å². The monoisotopic (exact) mass is 487 g/mol. The number of nitrogens with two attached hydrogens (primary N) is 1. The highest BCUT2D eigenvalue weighted by molar-refractivity contribution is 7.99. The van der Waals surface area contributed by atoms with Crippen molar-refractivity contribution in [2.75, 3.05) is 17.7 Å². The number of nitrogens with one attached hydrogen (secondary N) is 1. The number of carbonyl (C=O) groups excluding carboxylic acids is 2. The molecule has 0 spiro atoms. The Balaban J connectivity index is 1.51. The van der Waals surface area contributed by atoms with Crippen LogP contribution in [-0.2, 0) is 17.8 Å². The highest BCUT2D eigenvalue weighted by Crippen LogP contribution is 2.23. The quantitative estimate of drug-likeness (QED) is 0.311. The summed E-state index contributed by atoms with van der Waals surface area (Å²) in [6, 6.07) is 12.2. The highest BCUT2D eigenvalue weighted by atomic mass is 35.5. The van der Waals surface area contributed by atoms with Gasteiger partial charge in [-0.3, -0.25) is 9.59 Å². The van der Waals surface area contributed by atoms with Gasteiger partial charge in [0.25, 0.3) is 5.91 Å². The molecule has 0 unspecified atom stereocenters. The SMILES string of the molecule is CCn1c(CCCOc2ccc(Cl)cc2C)nnc1SCC(=O)Nc1ccccc1C(N)=O. The summed E-state index contributed by atoms with van der Waals surface area (Å²) >= 11 is 7.27. The number of benzene rings is 2. The van der Waals surface area contributed by atoms with Gasteiger partial charge in [-0.2, -0.15) is 0 Å². The van der Waals surface area contributed by atoms with Crippen LogP contribution in [0.5, 0.6) is 5.75 Å². The summed E-state index contributed by atoms with van der Waals surface area (Å²) in [6.07, 6.45) is 1.47. The van der Waals surface area contributed by atoms with Crippen LogP contribution in [0.4, 0.5) is 5.69 Å². The molecule has 0 fully saturated rings. The molecule has 1 heterocycles. The molecular formula is C23H26ClN5O3S. The standard InChI is InChI=1S/C23H26ClN5O3S/c1-3-29-20(9-6-12-32-19-11-10-16(24)13-15(19)2)27-28-23(29)33-14-21(30)26-18-8-5-4-7-17(18)22(25)31/h4-5,7-8,10-11,13H,3,6,9,12,14H2,1-2H3,(H2,25,31)(H,26,30). The van der Waals surface area contributed by atoms with Crippen molar-refractivity contribution in [1.29, 1.82) is 0 Å². The molecule has 0 saturated heterocycles. The van der Waals surface area contributed by atoms with E-state index in [0.717, 1.165) is 23.6 Å². The van der Waals surface area contributed by atoms with Crippen LogP contribution in [-0.4, -0.2) is 38.9 Å². The van der Waals surface area contributed by atoms with Crippen molar-refractivity contribution >= 4 is 40.9 Å². The average molecular weight is 488 g/mol. The number of amides is 2. The number of ether oxygens (including phenoxy) is 1. The van der Waals surface area contributed by atoms with Gasteiger partial charge in [0.1, 0.15) is 11.6 Å². The third-order valence-corrected chi connectivity index (χ3v) is 6.05. The van der Waals surface area contributed by atoms with Crippen molar-refractivity contribution < 1.29 is 14.3 Å². The summed E-state index contributed by atoms with van der Waals surface area (Å²) < 4.78 is 7.84. The first kappa shape index (κ1) is 24.6. The minimum absolute atomic E-state index is 0.129. The molecule has 10 heteroatoms. The van der Waals surface area contributed by atoms with Crippen LogP contribution in [0.2, 0.25) is 5.02 Å². The first-order valence-corrected chi connectivity index (χ1v) is 11.9. The highest BCUT2D eigenvalue weighted by Gasteiger charge is 2.15. The van der Waals surface area contributed by atoms with Crippen molar-refractivity contribution in [1.82, 2.24) is 14.8 Å². The van der Waals surface area contributed by atoms with E-state index in [1.54, 1.807) is 24.3 Å². The number of hydrogen-bond donors (Lipinski definition) is 2. The molecule has 33 heavy (non-hydrogen) atoms. The lowest BCUT2D eigenvalue weighted by atomic mass is 10.1. The van der Waals surface area contributed by atoms with Crippen LogP contribution < -0.4 is 15.8 Å². The Hall–Kier alpha value is -3.04. The summed E-state index contributed by atoms with van der Waals surface area (Å²) in [4.78, 5) is 23.9. The van der Waals surface area contributed by atoms with Crippen LogP contribution in [0, 0.1) is 6.92 Å². The minimum atomic E-state index is -0.593. The Morgan fingerprint density at radius 2 is 2.00 bits per heavy atom. The normalized spacial score (nSPS) is 10.8. The number of nitrogens with zero attached hydrogens (tertiary/aromatic N) is 3. The molecular weight excluding hydrogens is 462 g/mol. The predicted molar refractivity (Wildman–Crippen MR) is 130 cm³/mol. The Bertz CT molecular complexity index is 1140. The molecule has 0 aliphatic carbocycles. The molecule has 3 N–H and O–H groups in total. The lowest BCUT2D eigenvalue weighted by Gasteiger charge is -2.10. The number of anilines is 1. The number of thioether (sulfide) groups is 1. The van der Waals surface area contributed by atoms with Crippen molar-refractivity contribution in [2.24, 2.45) is 5.73 Å². The average Bonchev–Trinajstić information content (AvgIpc) is 3.18. The number of primary amides is 1. The molecule has 3 aromatic rings. The number of rotatable bonds is 11. The van der Waals surface area contributed by atoms with Crippen molar-refractivity contribution in [3.8, 4) is 5.75 Å². The fraction of sp³-hybridized carbons (Fsp3) is 0.304. The predicted octanol–water partition coefficient (Wildman–Crippen LogP) is 4.10. The summed E-state index contributed by atoms with van der Waals surface area (Å²) in [5.41, 5.74) is 7.02. The van der Waals surface area contributed by atoms with E-state index >= 15 is 0 Å². The minimum Gasteiger partial charge on any atom is -0.493 e. The van der Waals surface area contributed by atoms with Gasteiger partial charge < -0.3 is 20.4 Å². The van der Waals surface area contributed by atoms with Crippen LogP contribution in [0.25, 0.3) is 0 Å². The van der Waals surface area contributed by atoms with Gasteiger partial charge in [0.15, 0.2) is 5.16 Å². The molecule has 2 aromatic carbocycles. The number of halogens is 1. The summed E-state index contributed by atoms with van der Waals surface area (Å²) in [5.74, 6) is 0.939. The van der Waals surface area contributed by atoms with Crippen LogP contribution in [0.1, 0.15) is 35.1 Å². The van der Waals surface area contributed by atoms with Gasteiger partial charge in [-0.1, -0.05) is 35.5 Å². The second-order valence-electron chi connectivity index (χ2n) is 7.25. The van der Waals surface area contributed by atoms with Crippen molar-refractivity contribution in [3.63, 3.8) is 0 Å². The zero-order chi connectivity index (χ0) is 23.8. The van der Waals surface area contributed by atoms with Crippen molar-refractivity contribution in [2.45, 2.75) is 38.4 Å². The molecule has 0 radical (unpaired) electrons. The van der Waals surface area contributed by atoms with Crippen molar-refractivity contribution in [3.05, 3.63) is 64.4 Å². The zero-order valence-electron chi connectivity index (χ0n) is 18.5. The second-order valence-corrected chi connectivity index (χ2v) is 8.63. The molecule has 174 valence electrons. The largest absolute Gasteiger partial charge is 0.493 e. The maximum atomic E-state index is 12.4. The van der Waals surface area contributed by atoms with E-state index in [1.165, 1.54) is 11.8 Å². The molecule has 3 rings (SSSR count). The van der Waals surface area contributed by atoms with E-state index in [2.05, 4.69) is 15.5 Å². The van der Waals surface area contributed by atoms with Gasteiger partial charge in [0.2, 0.25) is 5.91 Å². The maximum Gasteiger partial charge on any atom is 0.250 e. The lowest BCUT2D eigenvalue weighted by molar-refractivity contribution is -0.113. The van der Waals surface area contributed by atoms with E-state index in [4.69, 9.17) is 22.1 Å². The number of aromatic nitrogens is 3. The fourth-order valence-corrected chi connectivity index (χ4v) is 4.29. The third kappa shape index (κ3) is 6.72. The van der Waals surface area contributed by atoms with Crippen LogP contribution in [0.15, 0.2) is 47.6 Å². The Morgan fingerprint density at radius 1 is 1.21 bits per heavy atom. The Morgan fingerprint density at radius 3 is 2.73 bits per heavy atom. The van der Waals surface area contributed by atoms with E-state index in [0.29, 0.717) is 35.4 Å². The summed E-state index contributed by atoms with van der Waals surface area (Å²) in [5, 5.41) is 12.6.